The van der Waals surface area contributed by atoms with Crippen LogP contribution in [0.4, 0.5) is 22.7 Å². The summed E-state index contributed by atoms with van der Waals surface area (Å²) in [7, 11) is -10.3. The molecule has 3 rings (SSSR count). The molecule has 0 saturated heterocycles. The first-order valence-corrected chi connectivity index (χ1v) is 10.9. The van der Waals surface area contributed by atoms with Gasteiger partial charge in [-0.15, -0.1) is 10.2 Å². The first kappa shape index (κ1) is 30.2. The molecule has 0 spiro atoms. The summed E-state index contributed by atoms with van der Waals surface area (Å²) in [5.74, 6) is -1.51. The second-order valence-corrected chi connectivity index (χ2v) is 8.94. The van der Waals surface area contributed by atoms with Crippen LogP contribution in [0, 0.1) is 10.1 Å². The number of nitro benzene ring substituents is 1. The van der Waals surface area contributed by atoms with Crippen molar-refractivity contribution in [2.75, 3.05) is 5.73 Å². The van der Waals surface area contributed by atoms with Crippen molar-refractivity contribution in [1.82, 2.24) is 0 Å². The molecule has 4 N–H and O–H groups in total. The van der Waals surface area contributed by atoms with E-state index in [1.165, 1.54) is 0 Å². The van der Waals surface area contributed by atoms with Crippen LogP contribution in [0.5, 0.6) is 11.5 Å². The number of phenolic OH excluding ortho intramolecular Hbond substituents is 2. The molecule has 14 nitrogen and oxygen atoms in total. The van der Waals surface area contributed by atoms with Gasteiger partial charge in [0.25, 0.3) is 5.69 Å². The maximum atomic E-state index is 11.7. The van der Waals surface area contributed by atoms with Crippen LogP contribution >= 0.6 is 0 Å². The molecule has 0 heterocycles. The predicted octanol–water partition coefficient (Wildman–Crippen LogP) is -4.03. The van der Waals surface area contributed by atoms with Crippen LogP contribution in [0.3, 0.4) is 0 Å². The van der Waals surface area contributed by atoms with E-state index in [0.29, 0.717) is 18.2 Å². The molecule has 168 valence electrons. The number of phenols is 2. The fourth-order valence-electron chi connectivity index (χ4n) is 2.74. The quantitative estimate of drug-likeness (QED) is 0.0718. The average Bonchev–Trinajstić information content (AvgIpc) is 2.65. The number of benzene rings is 3. The molecule has 0 bridgehead atoms. The number of azo groups is 1. The molecule has 0 fully saturated rings. The summed E-state index contributed by atoms with van der Waals surface area (Å²) in [6.07, 6.45) is 0. The minimum absolute atomic E-state index is 0. The first-order valence-electron chi connectivity index (χ1n) is 8.10. The molecule has 0 unspecified atom stereocenters. The van der Waals surface area contributed by atoms with Crippen LogP contribution in [0.1, 0.15) is 0 Å². The Morgan fingerprint density at radius 3 is 2.00 bits per heavy atom. The number of nitrogen functional groups attached to an aromatic ring is 1. The SMILES string of the molecule is Nc1c(N=Nc2ccc([N+](=O)[O-])cc2O)c(S(=O)(=O)[O-])cc2cc(S(=O)(=O)[O-])cc(O)c12.[Na+].[Na+]. The summed E-state index contributed by atoms with van der Waals surface area (Å²) < 4.78 is 68.9. The van der Waals surface area contributed by atoms with E-state index in [0.717, 1.165) is 18.2 Å². The Balaban J connectivity index is 0.00000289. The zero-order valence-electron chi connectivity index (χ0n) is 17.4. The van der Waals surface area contributed by atoms with Gasteiger partial charge in [0.15, 0.2) is 0 Å². The number of nitro groups is 1. The molecule has 0 aliphatic carbocycles. The molecule has 0 atom stereocenters. The van der Waals surface area contributed by atoms with Gasteiger partial charge in [0, 0.05) is 11.5 Å². The van der Waals surface area contributed by atoms with Crippen molar-refractivity contribution < 1.29 is 100 Å². The molecule has 34 heavy (non-hydrogen) atoms. The van der Waals surface area contributed by atoms with Crippen LogP contribution in [0.15, 0.2) is 56.4 Å². The fraction of sp³-hybridized carbons (Fsp3) is 0. The molecule has 18 heteroatoms. The van der Waals surface area contributed by atoms with Crippen LogP contribution in [0.2, 0.25) is 0 Å². The monoisotopic (exact) mass is 528 g/mol. The van der Waals surface area contributed by atoms with Crippen LogP contribution in [0.25, 0.3) is 10.8 Å². The molecular weight excluding hydrogens is 518 g/mol. The van der Waals surface area contributed by atoms with Gasteiger partial charge in [0.1, 0.15) is 43.1 Å². The van der Waals surface area contributed by atoms with Crippen molar-refractivity contribution in [3.05, 3.63) is 46.5 Å². The van der Waals surface area contributed by atoms with E-state index in [9.17, 15) is 46.3 Å². The summed E-state index contributed by atoms with van der Waals surface area (Å²) >= 11 is 0. The summed E-state index contributed by atoms with van der Waals surface area (Å²) in [6.45, 7) is 0. The Hall–Kier alpha value is -1.86. The van der Waals surface area contributed by atoms with Gasteiger partial charge >= 0.3 is 59.1 Å². The molecule has 3 aromatic rings. The number of nitrogens with two attached hydrogens (primary N) is 1. The van der Waals surface area contributed by atoms with Crippen molar-refractivity contribution in [3.63, 3.8) is 0 Å². The van der Waals surface area contributed by atoms with Gasteiger partial charge in [-0.25, -0.2) is 16.8 Å². The minimum atomic E-state index is -5.29. The number of hydrogen-bond acceptors (Lipinski definition) is 13. The standard InChI is InChI=1S/C16H12N4O10S2.2Na/c17-15-14-7(3-9(6-12(14)22)31(25,26)27)4-13(32(28,29)30)16(15)19-18-10-2-1-8(20(23)24)5-11(10)21;;/h1-6,21-22H,17H2,(H,25,26,27)(H,28,29,30);;/q;2*+1/p-2. The summed E-state index contributed by atoms with van der Waals surface area (Å²) in [5.41, 5.74) is 3.68. The number of hydrogen-bond donors (Lipinski definition) is 3. The maximum Gasteiger partial charge on any atom is 1.00 e. The third-order valence-corrected chi connectivity index (χ3v) is 5.81. The summed E-state index contributed by atoms with van der Waals surface area (Å²) in [5, 5.41) is 37.1. The van der Waals surface area contributed by atoms with E-state index in [2.05, 4.69) is 10.2 Å². The normalized spacial score (nSPS) is 11.7. The minimum Gasteiger partial charge on any atom is -0.744 e. The number of aromatic hydroxyl groups is 2. The molecule has 0 aliphatic rings. The van der Waals surface area contributed by atoms with Crippen LogP contribution in [-0.4, -0.2) is 41.1 Å². The number of non-ortho nitro benzene ring substituents is 1. The molecule has 0 aromatic heterocycles. The molecule has 0 radical (unpaired) electrons. The topological polar surface area (TPSA) is 249 Å². The third-order valence-electron chi connectivity index (χ3n) is 4.15. The molecule has 3 aromatic carbocycles. The number of nitrogens with zero attached hydrogens (tertiary/aromatic N) is 3. The Morgan fingerprint density at radius 1 is 0.882 bits per heavy atom. The third kappa shape index (κ3) is 6.22. The van der Waals surface area contributed by atoms with Crippen molar-refractivity contribution in [1.29, 1.82) is 0 Å². The van der Waals surface area contributed by atoms with E-state index in [4.69, 9.17) is 5.73 Å². The zero-order valence-corrected chi connectivity index (χ0v) is 23.0. The second kappa shape index (κ2) is 10.8. The summed E-state index contributed by atoms with van der Waals surface area (Å²) in [6, 6.07) is 4.65. The molecule has 0 amide bonds. The van der Waals surface area contributed by atoms with E-state index in [-0.39, 0.29) is 75.6 Å². The van der Waals surface area contributed by atoms with Crippen molar-refractivity contribution in [3.8, 4) is 11.5 Å². The van der Waals surface area contributed by atoms with Gasteiger partial charge in [0.2, 0.25) is 0 Å². The fourth-order valence-corrected chi connectivity index (χ4v) is 3.93. The maximum absolute atomic E-state index is 11.7. The van der Waals surface area contributed by atoms with Crippen LogP contribution in [-0.2, 0) is 20.2 Å². The smallest absolute Gasteiger partial charge is 0.744 e. The molecule has 0 saturated carbocycles. The Morgan fingerprint density at radius 2 is 1.50 bits per heavy atom. The van der Waals surface area contributed by atoms with Crippen molar-refractivity contribution in [2.45, 2.75) is 9.79 Å². The number of fused-ring (bicyclic) bond motifs is 1. The van der Waals surface area contributed by atoms with E-state index in [1.54, 1.807) is 0 Å². The molecule has 0 aliphatic heterocycles. The van der Waals surface area contributed by atoms with Gasteiger partial charge in [0.05, 0.1) is 26.5 Å². The van der Waals surface area contributed by atoms with E-state index >= 15 is 0 Å². The number of anilines is 1. The van der Waals surface area contributed by atoms with Gasteiger partial charge in [-0.3, -0.25) is 10.1 Å². The van der Waals surface area contributed by atoms with Gasteiger partial charge in [-0.1, -0.05) is 0 Å². The molecular formula is C16H10N4Na2O10S2. The van der Waals surface area contributed by atoms with E-state index < -0.39 is 63.5 Å². The Bertz CT molecular complexity index is 1540. The van der Waals surface area contributed by atoms with Gasteiger partial charge < -0.3 is 25.1 Å². The van der Waals surface area contributed by atoms with E-state index in [1.807, 2.05) is 0 Å². The van der Waals surface area contributed by atoms with Gasteiger partial charge in [-0.05, 0) is 29.7 Å². The van der Waals surface area contributed by atoms with Crippen molar-refractivity contribution in [2.24, 2.45) is 10.2 Å². The largest absolute Gasteiger partial charge is 1.00 e. The van der Waals surface area contributed by atoms with Crippen LogP contribution < -0.4 is 64.8 Å². The zero-order chi connectivity index (χ0) is 24.0. The number of rotatable bonds is 5. The Kier molecular flexibility index (Phi) is 9.60. The average molecular weight is 528 g/mol. The predicted molar refractivity (Wildman–Crippen MR) is 105 cm³/mol. The second-order valence-electron chi connectivity index (χ2n) is 6.22. The summed E-state index contributed by atoms with van der Waals surface area (Å²) in [4.78, 5) is 7.97. The van der Waals surface area contributed by atoms with Gasteiger partial charge in [-0.2, -0.15) is 0 Å². The van der Waals surface area contributed by atoms with Crippen molar-refractivity contribution >= 4 is 53.8 Å². The first-order chi connectivity index (χ1) is 14.7. The Labute approximate surface area is 235 Å².